The molecule has 0 aromatic heterocycles. The fourth-order valence-corrected chi connectivity index (χ4v) is 4.76. The van der Waals surface area contributed by atoms with E-state index in [-0.39, 0.29) is 5.91 Å². The van der Waals surface area contributed by atoms with Gasteiger partial charge in [-0.2, -0.15) is 0 Å². The SMILES string of the molecule is O=C(c1ccc2c(c1)COC2)N1C2CCC1CC(Br)C2. The van der Waals surface area contributed by atoms with E-state index >= 15 is 0 Å². The number of benzene rings is 1. The summed E-state index contributed by atoms with van der Waals surface area (Å²) in [7, 11) is 0. The van der Waals surface area contributed by atoms with Crippen molar-refractivity contribution in [2.24, 2.45) is 0 Å². The Labute approximate surface area is 127 Å². The predicted octanol–water partition coefficient (Wildman–Crippen LogP) is 3.25. The zero-order valence-electron chi connectivity index (χ0n) is 11.3. The lowest BCUT2D eigenvalue weighted by atomic mass is 10.00. The molecule has 2 bridgehead atoms. The molecule has 4 rings (SSSR count). The largest absolute Gasteiger partial charge is 0.372 e. The number of ether oxygens (including phenoxy) is 1. The quantitative estimate of drug-likeness (QED) is 0.737. The molecule has 3 aliphatic rings. The van der Waals surface area contributed by atoms with Gasteiger partial charge in [0.25, 0.3) is 5.91 Å². The minimum absolute atomic E-state index is 0.214. The van der Waals surface area contributed by atoms with Crippen molar-refractivity contribution in [2.75, 3.05) is 0 Å². The lowest BCUT2D eigenvalue weighted by molar-refractivity contribution is 0.0603. The van der Waals surface area contributed by atoms with Gasteiger partial charge in [0.2, 0.25) is 0 Å². The number of carbonyl (C=O) groups excluding carboxylic acids is 1. The number of rotatable bonds is 1. The maximum Gasteiger partial charge on any atom is 0.254 e. The second-order valence-electron chi connectivity index (χ2n) is 6.14. The second-order valence-corrected chi connectivity index (χ2v) is 7.44. The van der Waals surface area contributed by atoms with Gasteiger partial charge in [-0.15, -0.1) is 0 Å². The van der Waals surface area contributed by atoms with E-state index in [4.69, 9.17) is 4.74 Å². The van der Waals surface area contributed by atoms with Crippen molar-refractivity contribution in [3.63, 3.8) is 0 Å². The molecule has 1 aromatic rings. The fraction of sp³-hybridized carbons (Fsp3) is 0.562. The van der Waals surface area contributed by atoms with Crippen LogP contribution in [0.3, 0.4) is 0 Å². The summed E-state index contributed by atoms with van der Waals surface area (Å²) in [5, 5.41) is 0. The molecule has 1 aromatic carbocycles. The highest BCUT2D eigenvalue weighted by atomic mass is 79.9. The Morgan fingerprint density at radius 1 is 1.15 bits per heavy atom. The Morgan fingerprint density at radius 2 is 1.85 bits per heavy atom. The number of amides is 1. The van der Waals surface area contributed by atoms with Crippen molar-refractivity contribution < 1.29 is 9.53 Å². The summed E-state index contributed by atoms with van der Waals surface area (Å²) in [5.41, 5.74) is 3.24. The standard InChI is InChI=1S/C16H18BrNO2/c17-13-6-14-3-4-15(7-13)18(14)16(19)10-1-2-11-8-20-9-12(11)5-10/h1-2,5,13-15H,3-4,6-9H2. The number of piperidine rings is 1. The van der Waals surface area contributed by atoms with Gasteiger partial charge in [-0.3, -0.25) is 4.79 Å². The normalized spacial score (nSPS) is 31.4. The Morgan fingerprint density at radius 3 is 2.60 bits per heavy atom. The van der Waals surface area contributed by atoms with Gasteiger partial charge in [0.05, 0.1) is 13.2 Å². The molecule has 3 aliphatic heterocycles. The van der Waals surface area contributed by atoms with Crippen LogP contribution in [-0.2, 0) is 18.0 Å². The van der Waals surface area contributed by atoms with Crippen LogP contribution in [0.1, 0.15) is 47.2 Å². The third-order valence-electron chi connectivity index (χ3n) is 4.88. The molecule has 20 heavy (non-hydrogen) atoms. The molecule has 0 aliphatic carbocycles. The van der Waals surface area contributed by atoms with E-state index in [0.29, 0.717) is 30.1 Å². The maximum atomic E-state index is 12.8. The first-order valence-corrected chi connectivity index (χ1v) is 8.30. The molecular weight excluding hydrogens is 318 g/mol. The van der Waals surface area contributed by atoms with Crippen LogP contribution in [0.4, 0.5) is 0 Å². The minimum Gasteiger partial charge on any atom is -0.372 e. The first-order chi connectivity index (χ1) is 9.72. The molecule has 106 valence electrons. The lowest BCUT2D eigenvalue weighted by Crippen LogP contribution is -2.46. The van der Waals surface area contributed by atoms with Gasteiger partial charge in [0, 0.05) is 22.5 Å². The molecule has 0 N–H and O–H groups in total. The van der Waals surface area contributed by atoms with Crippen molar-refractivity contribution in [1.82, 2.24) is 4.90 Å². The highest BCUT2D eigenvalue weighted by molar-refractivity contribution is 9.09. The molecule has 0 radical (unpaired) electrons. The topological polar surface area (TPSA) is 29.5 Å². The molecule has 1 amide bonds. The average molecular weight is 336 g/mol. The van der Waals surface area contributed by atoms with Crippen molar-refractivity contribution in [2.45, 2.75) is 55.8 Å². The molecule has 2 unspecified atom stereocenters. The number of alkyl halides is 1. The van der Waals surface area contributed by atoms with Crippen LogP contribution in [-0.4, -0.2) is 27.7 Å². The van der Waals surface area contributed by atoms with Crippen LogP contribution in [0.5, 0.6) is 0 Å². The second kappa shape index (κ2) is 4.85. The summed E-state index contributed by atoms with van der Waals surface area (Å²) >= 11 is 3.73. The van der Waals surface area contributed by atoms with E-state index in [0.717, 1.165) is 31.2 Å². The van der Waals surface area contributed by atoms with E-state index in [1.165, 1.54) is 11.1 Å². The Bertz CT molecular complexity index is 545. The zero-order valence-corrected chi connectivity index (χ0v) is 12.9. The number of hydrogen-bond donors (Lipinski definition) is 0. The fourth-order valence-electron chi connectivity index (χ4n) is 3.90. The summed E-state index contributed by atoms with van der Waals surface area (Å²) in [5.74, 6) is 0.214. The van der Waals surface area contributed by atoms with Gasteiger partial charge in [0.1, 0.15) is 0 Å². The smallest absolute Gasteiger partial charge is 0.254 e. The van der Waals surface area contributed by atoms with E-state index in [9.17, 15) is 4.79 Å². The first-order valence-electron chi connectivity index (χ1n) is 7.38. The van der Waals surface area contributed by atoms with Crippen molar-refractivity contribution in [1.29, 1.82) is 0 Å². The summed E-state index contributed by atoms with van der Waals surface area (Å²) in [6, 6.07) is 6.90. The highest BCUT2D eigenvalue weighted by Gasteiger charge is 2.42. The Hall–Kier alpha value is -0.870. The summed E-state index contributed by atoms with van der Waals surface area (Å²) in [6.07, 6.45) is 4.51. The lowest BCUT2D eigenvalue weighted by Gasteiger charge is -2.37. The number of carbonyl (C=O) groups is 1. The molecule has 0 saturated carbocycles. The maximum absolute atomic E-state index is 12.8. The highest BCUT2D eigenvalue weighted by Crippen LogP contribution is 2.39. The van der Waals surface area contributed by atoms with Gasteiger partial charge >= 0.3 is 0 Å². The monoisotopic (exact) mass is 335 g/mol. The first kappa shape index (κ1) is 12.8. The third-order valence-corrected chi connectivity index (χ3v) is 5.63. The van der Waals surface area contributed by atoms with Crippen molar-refractivity contribution >= 4 is 21.8 Å². The Kier molecular flexibility index (Phi) is 3.11. The molecule has 2 saturated heterocycles. The van der Waals surface area contributed by atoms with Gasteiger partial charge < -0.3 is 9.64 Å². The number of fused-ring (bicyclic) bond motifs is 3. The van der Waals surface area contributed by atoms with Crippen molar-refractivity contribution in [3.8, 4) is 0 Å². The summed E-state index contributed by atoms with van der Waals surface area (Å²) in [6.45, 7) is 1.33. The van der Waals surface area contributed by atoms with E-state index in [2.05, 4.69) is 26.9 Å². The van der Waals surface area contributed by atoms with E-state index in [1.54, 1.807) is 0 Å². The van der Waals surface area contributed by atoms with Gasteiger partial charge in [-0.1, -0.05) is 22.0 Å². The minimum atomic E-state index is 0.214. The van der Waals surface area contributed by atoms with E-state index < -0.39 is 0 Å². The van der Waals surface area contributed by atoms with Crippen LogP contribution in [0.2, 0.25) is 0 Å². The number of halogens is 1. The molecule has 0 spiro atoms. The predicted molar refractivity (Wildman–Crippen MR) is 79.9 cm³/mol. The summed E-state index contributed by atoms with van der Waals surface area (Å²) in [4.78, 5) is 15.6. The van der Waals surface area contributed by atoms with Gasteiger partial charge in [-0.05, 0) is 48.9 Å². The van der Waals surface area contributed by atoms with Crippen LogP contribution in [0.25, 0.3) is 0 Å². The molecule has 3 nitrogen and oxygen atoms in total. The van der Waals surface area contributed by atoms with E-state index in [1.807, 2.05) is 12.1 Å². The van der Waals surface area contributed by atoms with Gasteiger partial charge in [-0.25, -0.2) is 0 Å². The number of nitrogens with zero attached hydrogens (tertiary/aromatic N) is 1. The van der Waals surface area contributed by atoms with Crippen LogP contribution >= 0.6 is 15.9 Å². The molecular formula is C16H18BrNO2. The third kappa shape index (κ3) is 2.01. The molecule has 2 atom stereocenters. The average Bonchev–Trinajstić information content (AvgIpc) is 3.00. The number of hydrogen-bond acceptors (Lipinski definition) is 2. The van der Waals surface area contributed by atoms with Crippen LogP contribution < -0.4 is 0 Å². The Balaban J connectivity index is 1.61. The molecule has 4 heteroatoms. The molecule has 2 fully saturated rings. The molecule has 3 heterocycles. The van der Waals surface area contributed by atoms with Crippen LogP contribution in [0, 0.1) is 0 Å². The zero-order chi connectivity index (χ0) is 13.7. The van der Waals surface area contributed by atoms with Gasteiger partial charge in [0.15, 0.2) is 0 Å². The van der Waals surface area contributed by atoms with Crippen molar-refractivity contribution in [3.05, 3.63) is 34.9 Å². The van der Waals surface area contributed by atoms with Crippen LogP contribution in [0.15, 0.2) is 18.2 Å². The summed E-state index contributed by atoms with van der Waals surface area (Å²) < 4.78 is 5.43.